The van der Waals surface area contributed by atoms with Gasteiger partial charge >= 0.3 is 11.9 Å². The summed E-state index contributed by atoms with van der Waals surface area (Å²) in [6.07, 6.45) is 3.11. The maximum atomic E-state index is 11.0. The molecule has 2 rings (SSSR count). The first-order valence-electron chi connectivity index (χ1n) is 5.93. The van der Waals surface area contributed by atoms with E-state index in [0.717, 1.165) is 25.9 Å². The molecule has 2 aliphatic rings. The van der Waals surface area contributed by atoms with Crippen LogP contribution in [0.25, 0.3) is 0 Å². The van der Waals surface area contributed by atoms with E-state index in [1.807, 2.05) is 8.61 Å². The molecule has 2 aliphatic heterocycles. The third kappa shape index (κ3) is 5.29. The summed E-state index contributed by atoms with van der Waals surface area (Å²) in [5.41, 5.74) is 0. The second-order valence-electron chi connectivity index (χ2n) is 4.42. The van der Waals surface area contributed by atoms with Crippen LogP contribution in [0.3, 0.4) is 0 Å². The van der Waals surface area contributed by atoms with Gasteiger partial charge in [0.15, 0.2) is 0 Å². The van der Waals surface area contributed by atoms with Gasteiger partial charge in [0.2, 0.25) is 0 Å². The van der Waals surface area contributed by atoms with Gasteiger partial charge in [-0.05, 0) is 25.7 Å². The summed E-state index contributed by atoms with van der Waals surface area (Å²) in [5.74, 6) is -1.59. The second-order valence-corrected chi connectivity index (χ2v) is 6.55. The zero-order valence-electron chi connectivity index (χ0n) is 10.6. The van der Waals surface area contributed by atoms with Crippen LogP contribution in [0.5, 0.6) is 0 Å². The molecule has 0 saturated carbocycles. The van der Waals surface area contributed by atoms with Gasteiger partial charge in [-0.3, -0.25) is 9.59 Å². The molecule has 0 aliphatic carbocycles. The van der Waals surface area contributed by atoms with Crippen molar-refractivity contribution in [1.29, 1.82) is 0 Å². The van der Waals surface area contributed by atoms with Crippen molar-refractivity contribution in [3.8, 4) is 0 Å². The number of nitrogens with zero attached hydrogens (tertiary/aromatic N) is 2. The van der Waals surface area contributed by atoms with Crippen molar-refractivity contribution >= 4 is 33.9 Å². The Kier molecular flexibility index (Phi) is 10.3. The van der Waals surface area contributed by atoms with Crippen molar-refractivity contribution in [1.82, 2.24) is 8.61 Å². The molecule has 2 atom stereocenters. The number of hydrogen-bond acceptors (Lipinski definition) is 6. The van der Waals surface area contributed by atoms with Gasteiger partial charge in [0.25, 0.3) is 0 Å². The van der Waals surface area contributed by atoms with Crippen molar-refractivity contribution < 1.29 is 61.9 Å². The standard InChI is InChI=1S/C10H16N2O4S2.2Mo/c13-9(14)7-3-1-5-11(7)17-18-12-6-2-4-8(12)10(15)16;;/h7-8H,1-6H2,(H,13,14)(H,15,16);;/t7-,8-;;/m0../s1. The quantitative estimate of drug-likeness (QED) is 0.344. The Hall–Kier alpha value is 0.937. The van der Waals surface area contributed by atoms with Gasteiger partial charge in [-0.15, -0.1) is 0 Å². The molecule has 2 saturated heterocycles. The maximum absolute atomic E-state index is 11.0. The molecular formula is C10H16Mo2N2O4S2. The minimum Gasteiger partial charge on any atom is -0.480 e. The summed E-state index contributed by atoms with van der Waals surface area (Å²) >= 11 is 0. The Morgan fingerprint density at radius 1 is 0.850 bits per heavy atom. The predicted molar refractivity (Wildman–Crippen MR) is 69.9 cm³/mol. The zero-order chi connectivity index (χ0) is 13.1. The summed E-state index contributed by atoms with van der Waals surface area (Å²) in [7, 11) is 2.74. The molecule has 10 heteroatoms. The summed E-state index contributed by atoms with van der Waals surface area (Å²) < 4.78 is 3.68. The number of aliphatic carboxylic acids is 2. The first kappa shape index (κ1) is 20.9. The van der Waals surface area contributed by atoms with Crippen LogP contribution in [0.15, 0.2) is 0 Å². The monoisotopic (exact) mass is 488 g/mol. The van der Waals surface area contributed by atoms with Crippen molar-refractivity contribution in [2.24, 2.45) is 0 Å². The molecule has 0 bridgehead atoms. The molecular weight excluding hydrogens is 468 g/mol. The first-order chi connectivity index (χ1) is 8.59. The van der Waals surface area contributed by atoms with E-state index in [4.69, 9.17) is 10.2 Å². The Morgan fingerprint density at radius 2 is 1.20 bits per heavy atom. The van der Waals surface area contributed by atoms with Crippen LogP contribution in [0.1, 0.15) is 25.7 Å². The van der Waals surface area contributed by atoms with E-state index in [1.165, 1.54) is 22.0 Å². The minimum atomic E-state index is -0.795. The topological polar surface area (TPSA) is 81.1 Å². The molecule has 2 heterocycles. The van der Waals surface area contributed by atoms with Gasteiger partial charge in [-0.2, -0.15) is 0 Å². The molecule has 0 spiro atoms. The smallest absolute Gasteiger partial charge is 0.321 e. The van der Waals surface area contributed by atoms with Gasteiger partial charge in [-0.25, -0.2) is 8.61 Å². The van der Waals surface area contributed by atoms with E-state index in [1.54, 1.807) is 0 Å². The Labute approximate surface area is 154 Å². The molecule has 0 amide bonds. The van der Waals surface area contributed by atoms with Crippen LogP contribution in [0.4, 0.5) is 0 Å². The second kappa shape index (κ2) is 9.85. The molecule has 0 aromatic rings. The SMILES string of the molecule is O=C(O)[C@@H]1CCCN1SSN1CCC[C@H]1C(=O)O.[Mo].[Mo]. The maximum Gasteiger partial charge on any atom is 0.321 e. The van der Waals surface area contributed by atoms with Gasteiger partial charge in [0, 0.05) is 77.2 Å². The van der Waals surface area contributed by atoms with Crippen molar-refractivity contribution in [2.75, 3.05) is 13.1 Å². The van der Waals surface area contributed by atoms with E-state index in [0.29, 0.717) is 12.8 Å². The van der Waals surface area contributed by atoms with Crippen LogP contribution in [-0.2, 0) is 51.7 Å². The number of carboxylic acid groups (broad SMARTS) is 2. The fourth-order valence-corrected chi connectivity index (χ4v) is 5.00. The predicted octanol–water partition coefficient (Wildman–Crippen LogP) is 1.29. The molecule has 0 aromatic heterocycles. The van der Waals surface area contributed by atoms with E-state index in [-0.39, 0.29) is 42.1 Å². The molecule has 0 unspecified atom stereocenters. The average Bonchev–Trinajstić information content (AvgIpc) is 2.94. The zero-order valence-corrected chi connectivity index (χ0v) is 16.3. The van der Waals surface area contributed by atoms with Gasteiger partial charge in [0.1, 0.15) is 12.1 Å². The number of carboxylic acids is 2. The van der Waals surface area contributed by atoms with Crippen molar-refractivity contribution in [3.05, 3.63) is 0 Å². The van der Waals surface area contributed by atoms with E-state index < -0.39 is 24.0 Å². The molecule has 2 N–H and O–H groups in total. The largest absolute Gasteiger partial charge is 0.480 e. The van der Waals surface area contributed by atoms with Gasteiger partial charge < -0.3 is 10.2 Å². The van der Waals surface area contributed by atoms with Crippen LogP contribution in [0.2, 0.25) is 0 Å². The summed E-state index contributed by atoms with van der Waals surface area (Å²) in [6.45, 7) is 1.50. The fraction of sp³-hybridized carbons (Fsp3) is 0.800. The van der Waals surface area contributed by atoms with E-state index >= 15 is 0 Å². The van der Waals surface area contributed by atoms with Crippen molar-refractivity contribution in [2.45, 2.75) is 37.8 Å². The first-order valence-corrected chi connectivity index (χ1v) is 7.99. The normalized spacial score (nSPS) is 26.8. The number of carbonyl (C=O) groups is 2. The van der Waals surface area contributed by atoms with Crippen LogP contribution < -0.4 is 0 Å². The number of rotatable bonds is 5. The molecule has 2 fully saturated rings. The minimum absolute atomic E-state index is 0. The fourth-order valence-electron chi connectivity index (χ4n) is 2.24. The molecule has 0 aromatic carbocycles. The van der Waals surface area contributed by atoms with Gasteiger partial charge in [0.05, 0.1) is 0 Å². The van der Waals surface area contributed by atoms with E-state index in [9.17, 15) is 9.59 Å². The third-order valence-corrected chi connectivity index (χ3v) is 5.87. The van der Waals surface area contributed by atoms with Gasteiger partial charge in [-0.1, -0.05) is 0 Å². The molecule has 6 nitrogen and oxygen atoms in total. The van der Waals surface area contributed by atoms with Crippen molar-refractivity contribution in [3.63, 3.8) is 0 Å². The van der Waals surface area contributed by atoms with Crippen LogP contribution in [-0.4, -0.2) is 55.9 Å². The molecule has 20 heavy (non-hydrogen) atoms. The summed E-state index contributed by atoms with van der Waals surface area (Å²) in [6, 6.07) is -0.873. The Bertz CT molecular complexity index is 319. The number of hydrogen-bond donors (Lipinski definition) is 2. The van der Waals surface area contributed by atoms with E-state index in [2.05, 4.69) is 0 Å². The average molecular weight is 484 g/mol. The summed E-state index contributed by atoms with van der Waals surface area (Å²) in [4.78, 5) is 22.0. The molecule has 114 valence electrons. The molecule has 0 radical (unpaired) electrons. The third-order valence-electron chi connectivity index (χ3n) is 3.20. The Morgan fingerprint density at radius 3 is 1.50 bits per heavy atom. The summed E-state index contributed by atoms with van der Waals surface area (Å²) in [5, 5.41) is 18.1. The van der Waals surface area contributed by atoms with Crippen LogP contribution >= 0.6 is 22.0 Å². The Balaban J connectivity index is 0.00000180. The van der Waals surface area contributed by atoms with Crippen LogP contribution in [0, 0.1) is 0 Å².